The Kier molecular flexibility index (Phi) is 4.76. The Morgan fingerprint density at radius 3 is 2.67 bits per heavy atom. The van der Waals surface area contributed by atoms with E-state index >= 15 is 0 Å². The predicted octanol–water partition coefficient (Wildman–Crippen LogP) is 2.99. The summed E-state index contributed by atoms with van der Waals surface area (Å²) in [7, 11) is -3.55. The van der Waals surface area contributed by atoms with Gasteiger partial charge in [0, 0.05) is 6.04 Å². The van der Waals surface area contributed by atoms with E-state index in [1.807, 2.05) is 0 Å². The molecule has 2 N–H and O–H groups in total. The average molecular weight is 311 g/mol. The maximum absolute atomic E-state index is 12.6. The molecule has 5 heteroatoms. The van der Waals surface area contributed by atoms with E-state index < -0.39 is 16.1 Å². The van der Waals surface area contributed by atoms with Gasteiger partial charge < -0.3 is 5.11 Å². The van der Waals surface area contributed by atoms with Crippen molar-refractivity contribution in [3.63, 3.8) is 0 Å². The molecule has 0 spiro atoms. The quantitative estimate of drug-likeness (QED) is 0.898. The summed E-state index contributed by atoms with van der Waals surface area (Å²) < 4.78 is 28.0. The second-order valence-electron chi connectivity index (χ2n) is 6.66. The highest BCUT2D eigenvalue weighted by Crippen LogP contribution is 2.36. The molecule has 2 atom stereocenters. The van der Waals surface area contributed by atoms with Crippen LogP contribution < -0.4 is 4.72 Å². The van der Waals surface area contributed by atoms with Crippen molar-refractivity contribution < 1.29 is 13.5 Å². The molecule has 0 bridgehead atoms. The standard InChI is InChI=1S/C16H25NO3S/c1-12(18)13-7-6-8-14(11-13)21(19,20)17-15-9-4-5-10-16(15,2)3/h6-8,11-12,15,17-18H,4-5,9-10H2,1-3H3. The van der Waals surface area contributed by atoms with Gasteiger partial charge in [-0.3, -0.25) is 0 Å². The van der Waals surface area contributed by atoms with E-state index in [2.05, 4.69) is 18.6 Å². The topological polar surface area (TPSA) is 66.4 Å². The van der Waals surface area contributed by atoms with E-state index in [-0.39, 0.29) is 16.4 Å². The molecule has 0 aromatic heterocycles. The second-order valence-corrected chi connectivity index (χ2v) is 8.37. The number of rotatable bonds is 4. The van der Waals surface area contributed by atoms with Crippen LogP contribution in [0.3, 0.4) is 0 Å². The van der Waals surface area contributed by atoms with Gasteiger partial charge in [-0.05, 0) is 42.9 Å². The summed E-state index contributed by atoms with van der Waals surface area (Å²) in [6.07, 6.45) is 3.45. The lowest BCUT2D eigenvalue weighted by molar-refractivity contribution is 0.188. The van der Waals surface area contributed by atoms with Crippen LogP contribution in [0.4, 0.5) is 0 Å². The van der Waals surface area contributed by atoms with E-state index in [1.165, 1.54) is 0 Å². The number of aliphatic hydroxyl groups excluding tert-OH is 1. The molecule has 1 saturated carbocycles. The first-order chi connectivity index (χ1) is 9.72. The van der Waals surface area contributed by atoms with E-state index in [4.69, 9.17) is 0 Å². The van der Waals surface area contributed by atoms with E-state index in [9.17, 15) is 13.5 Å². The first-order valence-corrected chi connectivity index (χ1v) is 9.01. The van der Waals surface area contributed by atoms with Crippen molar-refractivity contribution in [2.75, 3.05) is 0 Å². The SMILES string of the molecule is CC(O)c1cccc(S(=O)(=O)NC2CCCCC2(C)C)c1. The van der Waals surface area contributed by atoms with Gasteiger partial charge in [-0.1, -0.05) is 38.8 Å². The Labute approximate surface area is 127 Å². The zero-order valence-electron chi connectivity index (χ0n) is 13.0. The third kappa shape index (κ3) is 3.84. The van der Waals surface area contributed by atoms with Crippen LogP contribution in [0.1, 0.15) is 58.1 Å². The Bertz CT molecular complexity index is 593. The molecule has 1 aromatic rings. The van der Waals surface area contributed by atoms with E-state index in [0.29, 0.717) is 5.56 Å². The number of benzene rings is 1. The average Bonchev–Trinajstić information content (AvgIpc) is 2.41. The van der Waals surface area contributed by atoms with Gasteiger partial charge in [0.05, 0.1) is 11.0 Å². The molecule has 0 aliphatic heterocycles. The summed E-state index contributed by atoms with van der Waals surface area (Å²) in [5, 5.41) is 9.60. The molecule has 21 heavy (non-hydrogen) atoms. The Morgan fingerprint density at radius 1 is 1.33 bits per heavy atom. The molecule has 1 aliphatic rings. The van der Waals surface area contributed by atoms with Crippen LogP contribution in [0.25, 0.3) is 0 Å². The first kappa shape index (κ1) is 16.5. The smallest absolute Gasteiger partial charge is 0.240 e. The zero-order valence-corrected chi connectivity index (χ0v) is 13.8. The van der Waals surface area contributed by atoms with Crippen LogP contribution in [0.2, 0.25) is 0 Å². The maximum atomic E-state index is 12.6. The lowest BCUT2D eigenvalue weighted by Crippen LogP contribution is -2.46. The fourth-order valence-electron chi connectivity index (χ4n) is 2.91. The van der Waals surface area contributed by atoms with Crippen LogP contribution in [0.5, 0.6) is 0 Å². The van der Waals surface area contributed by atoms with Crippen molar-refractivity contribution >= 4 is 10.0 Å². The van der Waals surface area contributed by atoms with Gasteiger partial charge in [0.15, 0.2) is 0 Å². The summed E-state index contributed by atoms with van der Waals surface area (Å²) >= 11 is 0. The minimum atomic E-state index is -3.55. The molecule has 1 aromatic carbocycles. The first-order valence-electron chi connectivity index (χ1n) is 7.53. The molecule has 1 fully saturated rings. The molecule has 0 amide bonds. The molecular weight excluding hydrogens is 286 g/mol. The Balaban J connectivity index is 2.24. The molecule has 118 valence electrons. The minimum absolute atomic E-state index is 0.0206. The highest BCUT2D eigenvalue weighted by Gasteiger charge is 2.35. The van der Waals surface area contributed by atoms with Crippen LogP contribution in [-0.2, 0) is 10.0 Å². The van der Waals surface area contributed by atoms with Crippen LogP contribution in [-0.4, -0.2) is 19.6 Å². The fourth-order valence-corrected chi connectivity index (χ4v) is 4.41. The molecule has 4 nitrogen and oxygen atoms in total. The summed E-state index contributed by atoms with van der Waals surface area (Å²) in [4.78, 5) is 0.224. The molecule has 2 rings (SSSR count). The molecular formula is C16H25NO3S. The van der Waals surface area contributed by atoms with Gasteiger partial charge in [0.1, 0.15) is 0 Å². The maximum Gasteiger partial charge on any atom is 0.240 e. The van der Waals surface area contributed by atoms with Crippen molar-refractivity contribution in [1.82, 2.24) is 4.72 Å². The van der Waals surface area contributed by atoms with Crippen LogP contribution in [0, 0.1) is 5.41 Å². The number of aliphatic hydroxyl groups is 1. The lowest BCUT2D eigenvalue weighted by Gasteiger charge is -2.38. The van der Waals surface area contributed by atoms with Crippen molar-refractivity contribution in [3.8, 4) is 0 Å². The van der Waals surface area contributed by atoms with Crippen LogP contribution in [0.15, 0.2) is 29.2 Å². The molecule has 0 radical (unpaired) electrons. The second kappa shape index (κ2) is 6.07. The van der Waals surface area contributed by atoms with Gasteiger partial charge in [-0.15, -0.1) is 0 Å². The number of hydrogen-bond donors (Lipinski definition) is 2. The summed E-state index contributed by atoms with van der Waals surface area (Å²) in [6, 6.07) is 6.48. The van der Waals surface area contributed by atoms with Crippen molar-refractivity contribution in [2.45, 2.75) is 63.5 Å². The van der Waals surface area contributed by atoms with Crippen molar-refractivity contribution in [2.24, 2.45) is 5.41 Å². The third-order valence-corrected chi connectivity index (χ3v) is 5.92. The van der Waals surface area contributed by atoms with Gasteiger partial charge in [-0.2, -0.15) is 0 Å². The lowest BCUT2D eigenvalue weighted by atomic mass is 9.74. The monoisotopic (exact) mass is 311 g/mol. The Morgan fingerprint density at radius 2 is 2.05 bits per heavy atom. The van der Waals surface area contributed by atoms with E-state index in [0.717, 1.165) is 25.7 Å². The number of nitrogens with one attached hydrogen (secondary N) is 1. The minimum Gasteiger partial charge on any atom is -0.389 e. The van der Waals surface area contributed by atoms with Gasteiger partial charge in [0.25, 0.3) is 0 Å². The third-order valence-electron chi connectivity index (χ3n) is 4.46. The highest BCUT2D eigenvalue weighted by atomic mass is 32.2. The molecule has 2 unspecified atom stereocenters. The number of sulfonamides is 1. The molecule has 0 saturated heterocycles. The van der Waals surface area contributed by atoms with Crippen LogP contribution >= 0.6 is 0 Å². The highest BCUT2D eigenvalue weighted by molar-refractivity contribution is 7.89. The fraction of sp³-hybridized carbons (Fsp3) is 0.625. The van der Waals surface area contributed by atoms with Crippen molar-refractivity contribution in [3.05, 3.63) is 29.8 Å². The zero-order chi connectivity index (χ0) is 15.7. The summed E-state index contributed by atoms with van der Waals surface area (Å²) in [5.41, 5.74) is 0.591. The largest absolute Gasteiger partial charge is 0.389 e. The normalized spacial score (nSPS) is 23.7. The van der Waals surface area contributed by atoms with Gasteiger partial charge in [0.2, 0.25) is 10.0 Å². The number of hydrogen-bond acceptors (Lipinski definition) is 3. The predicted molar refractivity (Wildman–Crippen MR) is 83.4 cm³/mol. The molecule has 1 aliphatic carbocycles. The van der Waals surface area contributed by atoms with Gasteiger partial charge in [-0.25, -0.2) is 13.1 Å². The van der Waals surface area contributed by atoms with Crippen molar-refractivity contribution in [1.29, 1.82) is 0 Å². The summed E-state index contributed by atoms with van der Waals surface area (Å²) in [6.45, 7) is 5.86. The molecule has 0 heterocycles. The Hall–Kier alpha value is -0.910. The summed E-state index contributed by atoms with van der Waals surface area (Å²) in [5.74, 6) is 0. The van der Waals surface area contributed by atoms with E-state index in [1.54, 1.807) is 31.2 Å². The van der Waals surface area contributed by atoms with Gasteiger partial charge >= 0.3 is 0 Å².